The van der Waals surface area contributed by atoms with Gasteiger partial charge in [0.15, 0.2) is 0 Å². The highest BCUT2D eigenvalue weighted by Crippen LogP contribution is 2.29. The van der Waals surface area contributed by atoms with Crippen molar-refractivity contribution in [2.75, 3.05) is 19.6 Å². The lowest BCUT2D eigenvalue weighted by Crippen LogP contribution is -2.21. The van der Waals surface area contributed by atoms with E-state index in [9.17, 15) is 5.11 Å². The van der Waals surface area contributed by atoms with E-state index in [1.807, 2.05) is 6.07 Å². The van der Waals surface area contributed by atoms with E-state index in [0.29, 0.717) is 10.9 Å². The number of benzene rings is 1. The van der Waals surface area contributed by atoms with Crippen LogP contribution in [0.3, 0.4) is 0 Å². The summed E-state index contributed by atoms with van der Waals surface area (Å²) in [5.74, 6) is 0.292. The minimum atomic E-state index is 0.292. The summed E-state index contributed by atoms with van der Waals surface area (Å²) in [7, 11) is 0. The summed E-state index contributed by atoms with van der Waals surface area (Å²) < 4.78 is 0. The van der Waals surface area contributed by atoms with Gasteiger partial charge in [0.05, 0.1) is 0 Å². The van der Waals surface area contributed by atoms with Crippen molar-refractivity contribution in [2.45, 2.75) is 19.3 Å². The summed E-state index contributed by atoms with van der Waals surface area (Å²) in [6, 6.07) is 5.34. The predicted molar refractivity (Wildman–Crippen MR) is 74.4 cm³/mol. The van der Waals surface area contributed by atoms with Crippen molar-refractivity contribution < 1.29 is 5.11 Å². The number of halogens is 1. The Morgan fingerprint density at radius 3 is 2.83 bits per heavy atom. The molecule has 2 heterocycles. The van der Waals surface area contributed by atoms with Gasteiger partial charge in [0, 0.05) is 17.4 Å². The van der Waals surface area contributed by atoms with Crippen LogP contribution in [0.15, 0.2) is 18.2 Å². The molecule has 0 saturated carbocycles. The number of hydrogen-bond acceptors (Lipinski definition) is 2. The highest BCUT2D eigenvalue weighted by atomic mass is 35.5. The second-order valence-corrected chi connectivity index (χ2v) is 5.32. The normalized spacial score (nSPS) is 16.7. The first-order chi connectivity index (χ1) is 8.74. The van der Waals surface area contributed by atoms with Gasteiger partial charge in [0.1, 0.15) is 10.9 Å². The lowest BCUT2D eigenvalue weighted by molar-refractivity contribution is 0.344. The molecule has 96 valence electrons. The van der Waals surface area contributed by atoms with Gasteiger partial charge in [0.25, 0.3) is 0 Å². The molecule has 0 spiro atoms. The van der Waals surface area contributed by atoms with Crippen molar-refractivity contribution in [3.63, 3.8) is 0 Å². The second kappa shape index (κ2) is 4.82. The maximum Gasteiger partial charge on any atom is 0.116 e. The Kier molecular flexibility index (Phi) is 3.18. The summed E-state index contributed by atoms with van der Waals surface area (Å²) in [5, 5.41) is 11.3. The number of aromatic amines is 1. The molecular weight excluding hydrogens is 248 g/mol. The minimum absolute atomic E-state index is 0.292. The molecule has 3 nitrogen and oxygen atoms in total. The van der Waals surface area contributed by atoms with E-state index in [4.69, 9.17) is 11.6 Å². The molecule has 1 aromatic carbocycles. The molecule has 2 N–H and O–H groups in total. The number of rotatable bonds is 3. The molecule has 1 saturated heterocycles. The highest BCUT2D eigenvalue weighted by Gasteiger charge is 2.15. The van der Waals surface area contributed by atoms with Crippen LogP contribution in [0.2, 0.25) is 5.15 Å². The molecule has 1 aromatic heterocycles. The van der Waals surface area contributed by atoms with E-state index in [2.05, 4.69) is 9.88 Å². The van der Waals surface area contributed by atoms with E-state index in [1.54, 1.807) is 12.1 Å². The van der Waals surface area contributed by atoms with Crippen LogP contribution in [0, 0.1) is 0 Å². The Morgan fingerprint density at radius 2 is 2.06 bits per heavy atom. The van der Waals surface area contributed by atoms with Crippen molar-refractivity contribution in [1.29, 1.82) is 0 Å². The largest absolute Gasteiger partial charge is 0.508 e. The molecule has 4 heteroatoms. The summed E-state index contributed by atoms with van der Waals surface area (Å²) in [6.45, 7) is 3.44. The zero-order valence-electron chi connectivity index (χ0n) is 10.2. The summed E-state index contributed by atoms with van der Waals surface area (Å²) in [5.41, 5.74) is 2.11. The quantitative estimate of drug-likeness (QED) is 0.894. The molecule has 1 aliphatic heterocycles. The second-order valence-electron chi connectivity index (χ2n) is 4.95. The number of nitrogens with one attached hydrogen (secondary N) is 1. The molecule has 0 atom stereocenters. The average molecular weight is 265 g/mol. The van der Waals surface area contributed by atoms with Crippen molar-refractivity contribution in [2.24, 2.45) is 0 Å². The number of H-pyrrole nitrogens is 1. The molecule has 2 aromatic rings. The molecule has 0 aliphatic carbocycles. The number of phenolic OH excluding ortho intramolecular Hbond substituents is 1. The maximum atomic E-state index is 9.58. The number of fused-ring (bicyclic) bond motifs is 1. The number of hydrogen-bond donors (Lipinski definition) is 2. The van der Waals surface area contributed by atoms with E-state index >= 15 is 0 Å². The van der Waals surface area contributed by atoms with Crippen LogP contribution in [0.5, 0.6) is 5.75 Å². The van der Waals surface area contributed by atoms with Crippen molar-refractivity contribution >= 4 is 22.5 Å². The van der Waals surface area contributed by atoms with Crippen LogP contribution in [0.25, 0.3) is 10.9 Å². The van der Waals surface area contributed by atoms with Gasteiger partial charge in [-0.3, -0.25) is 0 Å². The Hall–Kier alpha value is -1.19. The standard InChI is InChI=1S/C14H17ClN2O/c15-14-11(5-8-17-6-1-2-7-17)12-9-10(18)3-4-13(12)16-14/h3-4,9,16,18H,1-2,5-8H2. The van der Waals surface area contributed by atoms with Crippen LogP contribution in [-0.2, 0) is 6.42 Å². The third-order valence-corrected chi connectivity index (χ3v) is 4.04. The van der Waals surface area contributed by atoms with Crippen molar-refractivity contribution in [3.05, 3.63) is 28.9 Å². The number of likely N-dealkylation sites (tertiary alicyclic amines) is 1. The first-order valence-corrected chi connectivity index (χ1v) is 6.83. The Labute approximate surface area is 111 Å². The molecule has 3 rings (SSSR count). The molecule has 0 bridgehead atoms. The van der Waals surface area contributed by atoms with E-state index < -0.39 is 0 Å². The Morgan fingerprint density at radius 1 is 1.28 bits per heavy atom. The van der Waals surface area contributed by atoms with Crippen LogP contribution in [0.1, 0.15) is 18.4 Å². The lowest BCUT2D eigenvalue weighted by Gasteiger charge is -2.13. The maximum absolute atomic E-state index is 9.58. The van der Waals surface area contributed by atoms with Gasteiger partial charge in [-0.15, -0.1) is 0 Å². The zero-order chi connectivity index (χ0) is 12.5. The van der Waals surface area contributed by atoms with Gasteiger partial charge in [-0.1, -0.05) is 11.6 Å². The van der Waals surface area contributed by atoms with Crippen molar-refractivity contribution in [3.8, 4) is 5.75 Å². The smallest absolute Gasteiger partial charge is 0.116 e. The zero-order valence-corrected chi connectivity index (χ0v) is 11.0. The Bertz CT molecular complexity index is 558. The minimum Gasteiger partial charge on any atom is -0.508 e. The fourth-order valence-corrected chi connectivity index (χ4v) is 3.02. The topological polar surface area (TPSA) is 39.3 Å². The van der Waals surface area contributed by atoms with E-state index in [1.165, 1.54) is 25.9 Å². The highest BCUT2D eigenvalue weighted by molar-refractivity contribution is 6.31. The van der Waals surface area contributed by atoms with Gasteiger partial charge >= 0.3 is 0 Å². The van der Waals surface area contributed by atoms with E-state index in [0.717, 1.165) is 29.4 Å². The van der Waals surface area contributed by atoms with Gasteiger partial charge in [-0.05, 0) is 56.1 Å². The number of phenols is 1. The third-order valence-electron chi connectivity index (χ3n) is 3.71. The number of nitrogens with zero attached hydrogens (tertiary/aromatic N) is 1. The SMILES string of the molecule is Oc1ccc2[nH]c(Cl)c(CCN3CCCC3)c2c1. The van der Waals surface area contributed by atoms with Crippen LogP contribution in [-0.4, -0.2) is 34.6 Å². The van der Waals surface area contributed by atoms with Crippen LogP contribution >= 0.6 is 11.6 Å². The predicted octanol–water partition coefficient (Wildman–Crippen LogP) is 3.17. The van der Waals surface area contributed by atoms with Gasteiger partial charge < -0.3 is 15.0 Å². The van der Waals surface area contributed by atoms with Crippen LogP contribution < -0.4 is 0 Å². The third kappa shape index (κ3) is 2.20. The summed E-state index contributed by atoms with van der Waals surface area (Å²) in [6.07, 6.45) is 3.55. The van der Waals surface area contributed by atoms with Gasteiger partial charge in [-0.2, -0.15) is 0 Å². The molecule has 0 radical (unpaired) electrons. The van der Waals surface area contributed by atoms with Crippen LogP contribution in [0.4, 0.5) is 0 Å². The fraction of sp³-hybridized carbons (Fsp3) is 0.429. The molecule has 1 aliphatic rings. The molecule has 0 unspecified atom stereocenters. The fourth-order valence-electron chi connectivity index (χ4n) is 2.72. The number of aromatic nitrogens is 1. The van der Waals surface area contributed by atoms with Gasteiger partial charge in [-0.25, -0.2) is 0 Å². The monoisotopic (exact) mass is 264 g/mol. The molecule has 0 amide bonds. The van der Waals surface area contributed by atoms with Gasteiger partial charge in [0.2, 0.25) is 0 Å². The van der Waals surface area contributed by atoms with Crippen molar-refractivity contribution in [1.82, 2.24) is 9.88 Å². The number of aromatic hydroxyl groups is 1. The first-order valence-electron chi connectivity index (χ1n) is 6.45. The molecule has 1 fully saturated rings. The summed E-state index contributed by atoms with van der Waals surface area (Å²) in [4.78, 5) is 5.64. The Balaban J connectivity index is 1.85. The average Bonchev–Trinajstić information content (AvgIpc) is 2.94. The summed E-state index contributed by atoms with van der Waals surface area (Å²) >= 11 is 6.25. The van der Waals surface area contributed by atoms with E-state index in [-0.39, 0.29) is 0 Å². The molecular formula is C14H17ClN2O. The molecule has 18 heavy (non-hydrogen) atoms. The first kappa shape index (κ1) is 11.9. The lowest BCUT2D eigenvalue weighted by atomic mass is 10.1.